The van der Waals surface area contributed by atoms with Crippen LogP contribution in [0.1, 0.15) is 46.5 Å². The minimum absolute atomic E-state index is 0.178. The second kappa shape index (κ2) is 6.82. The van der Waals surface area contributed by atoms with Gasteiger partial charge >= 0.3 is 5.97 Å². The Morgan fingerprint density at radius 2 is 1.57 bits per heavy atom. The van der Waals surface area contributed by atoms with E-state index in [1.807, 2.05) is 14.0 Å². The van der Waals surface area contributed by atoms with Gasteiger partial charge in [-0.15, -0.1) is 0 Å². The summed E-state index contributed by atoms with van der Waals surface area (Å²) < 4.78 is 0. The first-order chi connectivity index (χ1) is 6.56. The maximum atomic E-state index is 10.6. The molecule has 0 saturated carbocycles. The van der Waals surface area contributed by atoms with Crippen LogP contribution in [0.25, 0.3) is 0 Å². The minimum Gasteiger partial charge on any atom is -0.481 e. The molecule has 0 fully saturated rings. The van der Waals surface area contributed by atoms with Gasteiger partial charge in [0.25, 0.3) is 0 Å². The van der Waals surface area contributed by atoms with E-state index in [1.165, 1.54) is 0 Å². The molecule has 0 amide bonds. The van der Waals surface area contributed by atoms with Crippen molar-refractivity contribution in [3.63, 3.8) is 0 Å². The average Bonchev–Trinajstić information content (AvgIpc) is 2.15. The maximum absolute atomic E-state index is 10.6. The molecule has 1 unspecified atom stereocenters. The summed E-state index contributed by atoms with van der Waals surface area (Å²) in [5.41, 5.74) is 0. The van der Waals surface area contributed by atoms with E-state index in [4.69, 9.17) is 5.11 Å². The van der Waals surface area contributed by atoms with E-state index in [0.717, 1.165) is 19.3 Å². The number of carbonyl (C=O) groups is 1. The highest BCUT2D eigenvalue weighted by Crippen LogP contribution is 2.14. The topological polar surface area (TPSA) is 40.5 Å². The molecule has 0 heterocycles. The van der Waals surface area contributed by atoms with Crippen molar-refractivity contribution in [2.75, 3.05) is 7.05 Å². The van der Waals surface area contributed by atoms with Gasteiger partial charge in [0.05, 0.1) is 6.42 Å². The second-order valence-corrected chi connectivity index (χ2v) is 3.80. The Hall–Kier alpha value is -0.570. The second-order valence-electron chi connectivity index (χ2n) is 3.80. The number of hydrogen-bond acceptors (Lipinski definition) is 2. The third-order valence-electron chi connectivity index (χ3n) is 2.98. The summed E-state index contributed by atoms with van der Waals surface area (Å²) in [5.74, 6) is -0.699. The lowest BCUT2D eigenvalue weighted by atomic mass is 10.0. The molecule has 0 aliphatic carbocycles. The highest BCUT2D eigenvalue weighted by Gasteiger charge is 2.21. The van der Waals surface area contributed by atoms with Crippen LogP contribution in [-0.2, 0) is 4.79 Å². The monoisotopic (exact) mass is 201 g/mol. The van der Waals surface area contributed by atoms with E-state index in [9.17, 15) is 4.79 Å². The van der Waals surface area contributed by atoms with E-state index in [0.29, 0.717) is 6.04 Å². The summed E-state index contributed by atoms with van der Waals surface area (Å²) in [5, 5.41) is 8.76. The molecule has 0 rings (SSSR count). The van der Waals surface area contributed by atoms with Crippen LogP contribution in [0.15, 0.2) is 0 Å². The molecule has 0 radical (unpaired) electrons. The van der Waals surface area contributed by atoms with Crippen LogP contribution in [0.3, 0.4) is 0 Å². The fourth-order valence-electron chi connectivity index (χ4n) is 1.94. The van der Waals surface area contributed by atoms with E-state index in [1.54, 1.807) is 0 Å². The van der Waals surface area contributed by atoms with Gasteiger partial charge in [0, 0.05) is 12.1 Å². The maximum Gasteiger partial charge on any atom is 0.304 e. The van der Waals surface area contributed by atoms with Gasteiger partial charge in [-0.2, -0.15) is 0 Å². The Morgan fingerprint density at radius 3 is 1.86 bits per heavy atom. The van der Waals surface area contributed by atoms with Gasteiger partial charge in [0.2, 0.25) is 0 Å². The average molecular weight is 201 g/mol. The Bertz CT molecular complexity index is 167. The number of carboxylic acids is 1. The number of nitrogens with zero attached hydrogens (tertiary/aromatic N) is 1. The predicted molar refractivity (Wildman–Crippen MR) is 58.5 cm³/mol. The first-order valence-electron chi connectivity index (χ1n) is 5.50. The zero-order valence-corrected chi connectivity index (χ0v) is 9.79. The third kappa shape index (κ3) is 4.09. The SMILES string of the molecule is CCC(CC)N(C)C(CC)CC(=O)O. The van der Waals surface area contributed by atoms with Crippen LogP contribution in [0, 0.1) is 0 Å². The molecule has 1 N–H and O–H groups in total. The molecule has 14 heavy (non-hydrogen) atoms. The van der Waals surface area contributed by atoms with Crippen LogP contribution in [0.2, 0.25) is 0 Å². The van der Waals surface area contributed by atoms with Crippen LogP contribution in [-0.4, -0.2) is 35.1 Å². The first-order valence-corrected chi connectivity index (χ1v) is 5.50. The van der Waals surface area contributed by atoms with Gasteiger partial charge in [-0.05, 0) is 26.3 Å². The quantitative estimate of drug-likeness (QED) is 0.687. The van der Waals surface area contributed by atoms with Gasteiger partial charge in [-0.1, -0.05) is 20.8 Å². The normalized spacial score (nSPS) is 13.6. The predicted octanol–water partition coefficient (Wildman–Crippen LogP) is 2.36. The van der Waals surface area contributed by atoms with Gasteiger partial charge in [-0.3, -0.25) is 9.69 Å². The number of rotatable bonds is 7. The highest BCUT2D eigenvalue weighted by molar-refractivity contribution is 5.67. The van der Waals surface area contributed by atoms with Crippen molar-refractivity contribution in [2.24, 2.45) is 0 Å². The molecule has 0 saturated heterocycles. The standard InChI is InChI=1S/C11H23NO2/c1-5-9(6-2)12(4)10(7-3)8-11(13)14/h9-10H,5-8H2,1-4H3,(H,13,14). The zero-order chi connectivity index (χ0) is 11.1. The fraction of sp³-hybridized carbons (Fsp3) is 0.909. The van der Waals surface area contributed by atoms with Crippen LogP contribution >= 0.6 is 0 Å². The third-order valence-corrected chi connectivity index (χ3v) is 2.98. The van der Waals surface area contributed by atoms with Crippen molar-refractivity contribution in [1.82, 2.24) is 4.90 Å². The van der Waals surface area contributed by atoms with Gasteiger partial charge in [0.1, 0.15) is 0 Å². The van der Waals surface area contributed by atoms with Crippen molar-refractivity contribution in [3.05, 3.63) is 0 Å². The lowest BCUT2D eigenvalue weighted by Gasteiger charge is -2.32. The molecule has 0 aromatic heterocycles. The molecule has 0 bridgehead atoms. The minimum atomic E-state index is -0.699. The Kier molecular flexibility index (Phi) is 6.54. The van der Waals surface area contributed by atoms with Crippen molar-refractivity contribution >= 4 is 5.97 Å². The molecule has 3 nitrogen and oxygen atoms in total. The van der Waals surface area contributed by atoms with E-state index >= 15 is 0 Å². The Morgan fingerprint density at radius 1 is 1.14 bits per heavy atom. The van der Waals surface area contributed by atoms with Crippen molar-refractivity contribution in [3.8, 4) is 0 Å². The molecule has 0 aliphatic rings. The van der Waals surface area contributed by atoms with E-state index < -0.39 is 5.97 Å². The summed E-state index contributed by atoms with van der Waals surface area (Å²) >= 11 is 0. The highest BCUT2D eigenvalue weighted by atomic mass is 16.4. The fourth-order valence-corrected chi connectivity index (χ4v) is 1.94. The summed E-state index contributed by atoms with van der Waals surface area (Å²) in [6, 6.07) is 0.691. The van der Waals surface area contributed by atoms with Crippen molar-refractivity contribution in [1.29, 1.82) is 0 Å². The summed E-state index contributed by atoms with van der Waals surface area (Å²) in [7, 11) is 2.04. The molecular formula is C11H23NO2. The van der Waals surface area contributed by atoms with Gasteiger partial charge in [0.15, 0.2) is 0 Å². The van der Waals surface area contributed by atoms with Gasteiger partial charge in [-0.25, -0.2) is 0 Å². The molecule has 3 heteroatoms. The molecule has 0 spiro atoms. The number of carboxylic acid groups (broad SMARTS) is 1. The van der Waals surface area contributed by atoms with Crippen LogP contribution in [0.4, 0.5) is 0 Å². The Labute approximate surface area is 87.1 Å². The lowest BCUT2D eigenvalue weighted by Crippen LogP contribution is -2.40. The van der Waals surface area contributed by atoms with Crippen LogP contribution < -0.4 is 0 Å². The van der Waals surface area contributed by atoms with E-state index in [2.05, 4.69) is 18.7 Å². The van der Waals surface area contributed by atoms with E-state index in [-0.39, 0.29) is 12.5 Å². The molecule has 1 atom stereocenters. The van der Waals surface area contributed by atoms with Crippen LogP contribution in [0.5, 0.6) is 0 Å². The first kappa shape index (κ1) is 13.4. The van der Waals surface area contributed by atoms with Crippen molar-refractivity contribution < 1.29 is 9.90 Å². The summed E-state index contributed by atoms with van der Waals surface area (Å²) in [4.78, 5) is 12.9. The molecule has 0 aromatic carbocycles. The summed E-state index contributed by atoms with van der Waals surface area (Å²) in [6.45, 7) is 6.35. The molecule has 84 valence electrons. The Balaban J connectivity index is 4.27. The largest absolute Gasteiger partial charge is 0.481 e. The number of hydrogen-bond donors (Lipinski definition) is 1. The molecule has 0 aliphatic heterocycles. The van der Waals surface area contributed by atoms with Gasteiger partial charge < -0.3 is 5.11 Å². The lowest BCUT2D eigenvalue weighted by molar-refractivity contribution is -0.138. The van der Waals surface area contributed by atoms with Crippen molar-refractivity contribution in [2.45, 2.75) is 58.5 Å². The molecule has 0 aromatic rings. The number of aliphatic carboxylic acids is 1. The molecular weight excluding hydrogens is 178 g/mol. The smallest absolute Gasteiger partial charge is 0.304 e. The zero-order valence-electron chi connectivity index (χ0n) is 9.79. The summed E-state index contributed by atoms with van der Waals surface area (Å²) in [6.07, 6.45) is 3.33.